The lowest BCUT2D eigenvalue weighted by atomic mass is 10.0. The molecular formula is C18H19NO5S. The zero-order valence-electron chi connectivity index (χ0n) is 13.6. The molecule has 7 heteroatoms. The molecule has 2 aromatic rings. The SMILES string of the molecule is O=S(=O)(N[C@H]1CCOc2ccccc21)c1ccc2c(c1)OCCCO2. The number of fused-ring (bicyclic) bond motifs is 2. The van der Waals surface area contributed by atoms with Crippen LogP contribution in [0.5, 0.6) is 17.2 Å². The number of nitrogens with one attached hydrogen (secondary N) is 1. The second-order valence-electron chi connectivity index (χ2n) is 6.01. The minimum Gasteiger partial charge on any atom is -0.493 e. The largest absolute Gasteiger partial charge is 0.493 e. The van der Waals surface area contributed by atoms with Gasteiger partial charge in [-0.2, -0.15) is 0 Å². The maximum Gasteiger partial charge on any atom is 0.241 e. The van der Waals surface area contributed by atoms with Gasteiger partial charge in [-0.15, -0.1) is 0 Å². The van der Waals surface area contributed by atoms with Crippen LogP contribution in [-0.4, -0.2) is 28.2 Å². The van der Waals surface area contributed by atoms with Crippen molar-refractivity contribution in [1.29, 1.82) is 0 Å². The molecule has 0 radical (unpaired) electrons. The van der Waals surface area contributed by atoms with Crippen LogP contribution in [0.3, 0.4) is 0 Å². The molecule has 0 saturated heterocycles. The summed E-state index contributed by atoms with van der Waals surface area (Å²) in [5.41, 5.74) is 0.853. The number of hydrogen-bond acceptors (Lipinski definition) is 5. The molecule has 0 bridgehead atoms. The molecule has 1 N–H and O–H groups in total. The van der Waals surface area contributed by atoms with Gasteiger partial charge >= 0.3 is 0 Å². The number of para-hydroxylation sites is 1. The number of hydrogen-bond donors (Lipinski definition) is 1. The predicted molar refractivity (Wildman–Crippen MR) is 91.7 cm³/mol. The van der Waals surface area contributed by atoms with Crippen molar-refractivity contribution in [2.75, 3.05) is 19.8 Å². The summed E-state index contributed by atoms with van der Waals surface area (Å²) in [5.74, 6) is 1.76. The van der Waals surface area contributed by atoms with Gasteiger partial charge in [-0.3, -0.25) is 0 Å². The van der Waals surface area contributed by atoms with Gasteiger partial charge < -0.3 is 14.2 Å². The Hall–Kier alpha value is -2.25. The van der Waals surface area contributed by atoms with Crippen LogP contribution in [0, 0.1) is 0 Å². The molecule has 132 valence electrons. The monoisotopic (exact) mass is 361 g/mol. The number of sulfonamides is 1. The molecule has 2 aliphatic heterocycles. The summed E-state index contributed by atoms with van der Waals surface area (Å²) in [5, 5.41) is 0. The van der Waals surface area contributed by atoms with Crippen molar-refractivity contribution in [2.24, 2.45) is 0 Å². The summed E-state index contributed by atoms with van der Waals surface area (Å²) in [6.07, 6.45) is 1.36. The number of ether oxygens (including phenoxy) is 3. The van der Waals surface area contributed by atoms with Crippen LogP contribution in [0.25, 0.3) is 0 Å². The Bertz CT molecular complexity index is 881. The fraction of sp³-hybridized carbons (Fsp3) is 0.333. The average Bonchev–Trinajstić information content (AvgIpc) is 2.86. The van der Waals surface area contributed by atoms with Gasteiger partial charge in [0.15, 0.2) is 11.5 Å². The first-order valence-electron chi connectivity index (χ1n) is 8.27. The third-order valence-electron chi connectivity index (χ3n) is 4.29. The molecule has 0 fully saturated rings. The standard InChI is InChI=1S/C18H19NO5S/c20-25(21,13-6-7-17-18(12-13)23-10-3-9-22-17)19-15-8-11-24-16-5-2-1-4-14(15)16/h1-2,4-7,12,15,19H,3,8-11H2/t15-/m0/s1. The fourth-order valence-corrected chi connectivity index (χ4v) is 4.30. The van der Waals surface area contributed by atoms with Gasteiger partial charge in [0.25, 0.3) is 0 Å². The van der Waals surface area contributed by atoms with E-state index in [2.05, 4.69) is 4.72 Å². The molecule has 0 amide bonds. The van der Waals surface area contributed by atoms with Crippen LogP contribution in [0.2, 0.25) is 0 Å². The highest BCUT2D eigenvalue weighted by Gasteiger charge is 2.27. The van der Waals surface area contributed by atoms with E-state index >= 15 is 0 Å². The molecule has 2 heterocycles. The maximum atomic E-state index is 12.8. The van der Waals surface area contributed by atoms with E-state index in [1.165, 1.54) is 6.07 Å². The zero-order chi connectivity index (χ0) is 17.3. The van der Waals surface area contributed by atoms with Gasteiger partial charge in [0.1, 0.15) is 5.75 Å². The highest BCUT2D eigenvalue weighted by atomic mass is 32.2. The number of benzene rings is 2. The first-order valence-corrected chi connectivity index (χ1v) is 9.75. The Labute approximate surface area is 146 Å². The van der Waals surface area contributed by atoms with Gasteiger partial charge in [-0.1, -0.05) is 18.2 Å². The Morgan fingerprint density at radius 1 is 0.880 bits per heavy atom. The predicted octanol–water partition coefficient (Wildman–Crippen LogP) is 2.65. The van der Waals surface area contributed by atoms with E-state index in [0.717, 1.165) is 17.7 Å². The lowest BCUT2D eigenvalue weighted by molar-refractivity contribution is 0.263. The minimum atomic E-state index is -3.69. The van der Waals surface area contributed by atoms with Crippen LogP contribution in [0.15, 0.2) is 47.4 Å². The van der Waals surface area contributed by atoms with Gasteiger partial charge in [0, 0.05) is 24.5 Å². The Kier molecular flexibility index (Phi) is 4.27. The quantitative estimate of drug-likeness (QED) is 0.910. The Balaban J connectivity index is 1.62. The van der Waals surface area contributed by atoms with Crippen molar-refractivity contribution < 1.29 is 22.6 Å². The summed E-state index contributed by atoms with van der Waals surface area (Å²) in [6, 6.07) is 11.9. The third kappa shape index (κ3) is 3.29. The van der Waals surface area contributed by atoms with Crippen LogP contribution in [0.1, 0.15) is 24.4 Å². The maximum absolute atomic E-state index is 12.8. The van der Waals surface area contributed by atoms with Crippen molar-refractivity contribution in [2.45, 2.75) is 23.8 Å². The molecule has 25 heavy (non-hydrogen) atoms. The van der Waals surface area contributed by atoms with Gasteiger partial charge in [-0.05, 0) is 18.2 Å². The Morgan fingerprint density at radius 2 is 1.64 bits per heavy atom. The summed E-state index contributed by atoms with van der Waals surface area (Å²) < 4.78 is 45.2. The van der Waals surface area contributed by atoms with E-state index < -0.39 is 10.0 Å². The van der Waals surface area contributed by atoms with Gasteiger partial charge in [-0.25, -0.2) is 13.1 Å². The molecule has 0 aliphatic carbocycles. The van der Waals surface area contributed by atoms with E-state index in [1.807, 2.05) is 24.3 Å². The lowest BCUT2D eigenvalue weighted by Gasteiger charge is -2.26. The highest BCUT2D eigenvalue weighted by molar-refractivity contribution is 7.89. The molecule has 4 rings (SSSR count). The molecule has 1 atom stereocenters. The van der Waals surface area contributed by atoms with Crippen molar-refractivity contribution in [3.05, 3.63) is 48.0 Å². The summed E-state index contributed by atoms with van der Waals surface area (Å²) in [4.78, 5) is 0.167. The average molecular weight is 361 g/mol. The van der Waals surface area contributed by atoms with E-state index in [1.54, 1.807) is 12.1 Å². The number of rotatable bonds is 3. The Morgan fingerprint density at radius 3 is 2.52 bits per heavy atom. The van der Waals surface area contributed by atoms with Gasteiger partial charge in [0.05, 0.1) is 30.8 Å². The first-order chi connectivity index (χ1) is 12.1. The van der Waals surface area contributed by atoms with Crippen LogP contribution >= 0.6 is 0 Å². The molecule has 0 unspecified atom stereocenters. The normalized spacial score (nSPS) is 19.4. The van der Waals surface area contributed by atoms with Crippen molar-refractivity contribution in [3.8, 4) is 17.2 Å². The third-order valence-corrected chi connectivity index (χ3v) is 5.75. The minimum absolute atomic E-state index is 0.167. The zero-order valence-corrected chi connectivity index (χ0v) is 14.4. The smallest absolute Gasteiger partial charge is 0.241 e. The summed E-state index contributed by atoms with van der Waals surface area (Å²) >= 11 is 0. The second-order valence-corrected chi connectivity index (χ2v) is 7.72. The molecule has 2 aromatic carbocycles. The highest BCUT2D eigenvalue weighted by Crippen LogP contribution is 2.35. The van der Waals surface area contributed by atoms with Crippen LogP contribution in [-0.2, 0) is 10.0 Å². The molecule has 0 aromatic heterocycles. The summed E-state index contributed by atoms with van der Waals surface area (Å²) in [6.45, 7) is 1.55. The lowest BCUT2D eigenvalue weighted by Crippen LogP contribution is -2.32. The molecule has 0 spiro atoms. The van der Waals surface area contributed by atoms with E-state index in [-0.39, 0.29) is 10.9 Å². The van der Waals surface area contributed by atoms with E-state index in [0.29, 0.717) is 37.7 Å². The molecule has 0 saturated carbocycles. The van der Waals surface area contributed by atoms with Crippen molar-refractivity contribution in [1.82, 2.24) is 4.72 Å². The van der Waals surface area contributed by atoms with Crippen molar-refractivity contribution >= 4 is 10.0 Å². The van der Waals surface area contributed by atoms with E-state index in [9.17, 15) is 8.42 Å². The fourth-order valence-electron chi connectivity index (χ4n) is 3.03. The van der Waals surface area contributed by atoms with Crippen LogP contribution in [0.4, 0.5) is 0 Å². The first kappa shape index (κ1) is 16.2. The van der Waals surface area contributed by atoms with Crippen molar-refractivity contribution in [3.63, 3.8) is 0 Å². The second kappa shape index (κ2) is 6.57. The molecule has 6 nitrogen and oxygen atoms in total. The van der Waals surface area contributed by atoms with Crippen LogP contribution < -0.4 is 18.9 Å². The van der Waals surface area contributed by atoms with Gasteiger partial charge in [0.2, 0.25) is 10.0 Å². The summed E-state index contributed by atoms with van der Waals surface area (Å²) in [7, 11) is -3.69. The molecular weight excluding hydrogens is 342 g/mol. The topological polar surface area (TPSA) is 73.9 Å². The van der Waals surface area contributed by atoms with E-state index in [4.69, 9.17) is 14.2 Å². The molecule has 2 aliphatic rings.